The molecule has 0 aliphatic carbocycles. The fraction of sp³-hybridized carbons (Fsp3) is 0.100. The van der Waals surface area contributed by atoms with Crippen molar-refractivity contribution in [3.8, 4) is 10.4 Å². The Morgan fingerprint density at radius 3 is 2.36 bits per heavy atom. The molecule has 0 saturated heterocycles. The molecule has 8 heteroatoms. The molecule has 0 atom stereocenters. The molecule has 0 bridgehead atoms. The summed E-state index contributed by atoms with van der Waals surface area (Å²) >= 11 is 1.20. The Bertz CT molecular complexity index is 1130. The number of methoxy groups -OCH3 is 1. The minimum atomic E-state index is -3.44. The van der Waals surface area contributed by atoms with Gasteiger partial charge in [-0.05, 0) is 29.8 Å². The second kappa shape index (κ2) is 7.95. The number of anilines is 1. The molecule has 6 nitrogen and oxygen atoms in total. The number of carbonyl (C=O) groups is 2. The zero-order chi connectivity index (χ0) is 20.3. The Kier molecular flexibility index (Phi) is 5.62. The lowest BCUT2D eigenvalue weighted by atomic mass is 10.2. The first-order chi connectivity index (χ1) is 13.3. The summed E-state index contributed by atoms with van der Waals surface area (Å²) in [4.78, 5) is 25.9. The lowest BCUT2D eigenvalue weighted by Gasteiger charge is -2.07. The van der Waals surface area contributed by atoms with E-state index in [4.69, 9.17) is 4.74 Å². The lowest BCUT2D eigenvalue weighted by molar-refractivity contribution is 0.0607. The van der Waals surface area contributed by atoms with Crippen molar-refractivity contribution in [1.29, 1.82) is 0 Å². The van der Waals surface area contributed by atoms with Crippen LogP contribution < -0.4 is 5.32 Å². The van der Waals surface area contributed by atoms with Crippen LogP contribution in [0.15, 0.2) is 65.6 Å². The van der Waals surface area contributed by atoms with Crippen LogP contribution in [0.25, 0.3) is 10.4 Å². The first kappa shape index (κ1) is 19.8. The van der Waals surface area contributed by atoms with E-state index in [1.54, 1.807) is 6.07 Å². The van der Waals surface area contributed by atoms with Gasteiger partial charge in [0.15, 0.2) is 9.84 Å². The first-order valence-corrected chi connectivity index (χ1v) is 10.9. The highest BCUT2D eigenvalue weighted by Crippen LogP contribution is 2.35. The molecule has 1 amide bonds. The van der Waals surface area contributed by atoms with Crippen LogP contribution in [-0.4, -0.2) is 33.7 Å². The zero-order valence-corrected chi connectivity index (χ0v) is 16.8. The van der Waals surface area contributed by atoms with Gasteiger partial charge in [-0.25, -0.2) is 13.2 Å². The first-order valence-electron chi connectivity index (χ1n) is 8.18. The molecule has 0 aliphatic rings. The van der Waals surface area contributed by atoms with Gasteiger partial charge in [0, 0.05) is 16.7 Å². The van der Waals surface area contributed by atoms with Crippen LogP contribution in [0.5, 0.6) is 0 Å². The number of esters is 1. The van der Waals surface area contributed by atoms with Crippen LogP contribution in [0.2, 0.25) is 0 Å². The molecule has 0 spiro atoms. The molecule has 28 heavy (non-hydrogen) atoms. The summed E-state index contributed by atoms with van der Waals surface area (Å²) in [5, 5.41) is 2.69. The Morgan fingerprint density at radius 1 is 1.00 bits per heavy atom. The highest BCUT2D eigenvalue weighted by Gasteiger charge is 2.20. The van der Waals surface area contributed by atoms with Crippen LogP contribution in [0, 0.1) is 0 Å². The molecule has 2 aromatic carbocycles. The summed E-state index contributed by atoms with van der Waals surface area (Å²) in [5.74, 6) is -1.08. The molecule has 144 valence electrons. The molecular weight excluding hydrogens is 398 g/mol. The highest BCUT2D eigenvalue weighted by molar-refractivity contribution is 7.90. The van der Waals surface area contributed by atoms with E-state index in [0.29, 0.717) is 5.69 Å². The maximum Gasteiger partial charge on any atom is 0.350 e. The van der Waals surface area contributed by atoms with Crippen LogP contribution in [0.1, 0.15) is 20.0 Å². The molecule has 3 rings (SSSR count). The quantitative estimate of drug-likeness (QED) is 0.639. The Hall–Kier alpha value is -2.97. The SMILES string of the molecule is COC(=O)c1sc(-c2ccccc2)cc1NC(=O)c1cccc(S(C)(=O)=O)c1. The van der Waals surface area contributed by atoms with Gasteiger partial charge < -0.3 is 10.1 Å². The van der Waals surface area contributed by atoms with Gasteiger partial charge in [-0.3, -0.25) is 4.79 Å². The van der Waals surface area contributed by atoms with Gasteiger partial charge in [0.2, 0.25) is 0 Å². The van der Waals surface area contributed by atoms with Crippen LogP contribution >= 0.6 is 11.3 Å². The van der Waals surface area contributed by atoms with Crippen molar-refractivity contribution in [2.24, 2.45) is 0 Å². The predicted molar refractivity (Wildman–Crippen MR) is 109 cm³/mol. The summed E-state index contributed by atoms with van der Waals surface area (Å²) in [5.41, 5.74) is 1.38. The summed E-state index contributed by atoms with van der Waals surface area (Å²) in [6, 6.07) is 16.9. The van der Waals surface area contributed by atoms with E-state index in [1.165, 1.54) is 42.7 Å². The Balaban J connectivity index is 1.96. The zero-order valence-electron chi connectivity index (χ0n) is 15.1. The Labute approximate surface area is 166 Å². The van der Waals surface area contributed by atoms with Crippen LogP contribution in [0.4, 0.5) is 5.69 Å². The van der Waals surface area contributed by atoms with E-state index < -0.39 is 21.7 Å². The molecule has 1 N–H and O–H groups in total. The van der Waals surface area contributed by atoms with E-state index in [2.05, 4.69) is 5.32 Å². The highest BCUT2D eigenvalue weighted by atomic mass is 32.2. The fourth-order valence-electron chi connectivity index (χ4n) is 2.54. The van der Waals surface area contributed by atoms with E-state index in [1.807, 2.05) is 30.3 Å². The maximum absolute atomic E-state index is 12.6. The van der Waals surface area contributed by atoms with Gasteiger partial charge >= 0.3 is 5.97 Å². The molecule has 3 aromatic rings. The number of amides is 1. The normalized spacial score (nSPS) is 11.1. The van der Waals surface area contributed by atoms with Gasteiger partial charge in [-0.2, -0.15) is 0 Å². The Morgan fingerprint density at radius 2 is 1.71 bits per heavy atom. The van der Waals surface area contributed by atoms with Gasteiger partial charge in [0.05, 0.1) is 17.7 Å². The molecule has 0 aliphatic heterocycles. The van der Waals surface area contributed by atoms with E-state index in [0.717, 1.165) is 16.7 Å². The predicted octanol–water partition coefficient (Wildman–Crippen LogP) is 3.86. The third-order valence-electron chi connectivity index (χ3n) is 3.93. The smallest absolute Gasteiger partial charge is 0.350 e. The van der Waals surface area contributed by atoms with Crippen molar-refractivity contribution < 1.29 is 22.7 Å². The average Bonchev–Trinajstić information content (AvgIpc) is 3.11. The van der Waals surface area contributed by atoms with Crippen molar-refractivity contribution in [3.05, 3.63) is 71.1 Å². The van der Waals surface area contributed by atoms with Gasteiger partial charge in [0.25, 0.3) is 5.91 Å². The maximum atomic E-state index is 12.6. The fourth-order valence-corrected chi connectivity index (χ4v) is 4.24. The summed E-state index contributed by atoms with van der Waals surface area (Å²) in [7, 11) is -2.17. The third kappa shape index (κ3) is 4.29. The van der Waals surface area contributed by atoms with E-state index >= 15 is 0 Å². The number of rotatable bonds is 5. The van der Waals surface area contributed by atoms with Gasteiger partial charge in [0.1, 0.15) is 4.88 Å². The second-order valence-electron chi connectivity index (χ2n) is 5.97. The topological polar surface area (TPSA) is 89.5 Å². The largest absolute Gasteiger partial charge is 0.465 e. The number of carbonyl (C=O) groups excluding carboxylic acids is 2. The number of hydrogen-bond donors (Lipinski definition) is 1. The molecule has 0 unspecified atom stereocenters. The van der Waals surface area contributed by atoms with Crippen LogP contribution in [0.3, 0.4) is 0 Å². The van der Waals surface area contributed by atoms with Crippen molar-refractivity contribution in [2.45, 2.75) is 4.90 Å². The van der Waals surface area contributed by atoms with Gasteiger partial charge in [-0.15, -0.1) is 11.3 Å². The molecule has 0 saturated carbocycles. The van der Waals surface area contributed by atoms with Crippen molar-refractivity contribution in [2.75, 3.05) is 18.7 Å². The summed E-state index contributed by atoms with van der Waals surface area (Å²) in [6.07, 6.45) is 1.07. The number of thiophene rings is 1. The lowest BCUT2D eigenvalue weighted by Crippen LogP contribution is -2.14. The van der Waals surface area contributed by atoms with Gasteiger partial charge in [-0.1, -0.05) is 36.4 Å². The van der Waals surface area contributed by atoms with Crippen LogP contribution in [-0.2, 0) is 14.6 Å². The number of hydrogen-bond acceptors (Lipinski definition) is 6. The minimum Gasteiger partial charge on any atom is -0.465 e. The standard InChI is InChI=1S/C20H17NO5S2/c1-26-20(23)18-16(12-17(27-18)13-7-4-3-5-8-13)21-19(22)14-9-6-10-15(11-14)28(2,24)25/h3-12H,1-2H3,(H,21,22). The molecule has 0 radical (unpaired) electrons. The summed E-state index contributed by atoms with van der Waals surface area (Å²) in [6.45, 7) is 0. The molecule has 0 fully saturated rings. The van der Waals surface area contributed by atoms with E-state index in [-0.39, 0.29) is 15.3 Å². The van der Waals surface area contributed by atoms with Crippen molar-refractivity contribution >= 4 is 38.7 Å². The van der Waals surface area contributed by atoms with E-state index in [9.17, 15) is 18.0 Å². The number of sulfone groups is 1. The molecular formula is C20H17NO5S2. The number of ether oxygens (including phenoxy) is 1. The van der Waals surface area contributed by atoms with Crippen molar-refractivity contribution in [1.82, 2.24) is 0 Å². The third-order valence-corrected chi connectivity index (χ3v) is 6.21. The summed E-state index contributed by atoms with van der Waals surface area (Å²) < 4.78 is 28.3. The average molecular weight is 415 g/mol. The van der Waals surface area contributed by atoms with Crippen molar-refractivity contribution in [3.63, 3.8) is 0 Å². The molecule has 1 heterocycles. The number of nitrogens with one attached hydrogen (secondary N) is 1. The second-order valence-corrected chi connectivity index (χ2v) is 9.03. The number of benzene rings is 2. The molecule has 1 aromatic heterocycles. The monoisotopic (exact) mass is 415 g/mol. The minimum absolute atomic E-state index is 0.0450.